The number of rotatable bonds is 10. The van der Waals surface area contributed by atoms with Crippen LogP contribution < -0.4 is 5.32 Å². The predicted molar refractivity (Wildman–Crippen MR) is 110 cm³/mol. The molecule has 2 rings (SSSR count). The highest BCUT2D eigenvalue weighted by molar-refractivity contribution is 8.02. The van der Waals surface area contributed by atoms with Crippen molar-refractivity contribution in [2.45, 2.75) is 55.7 Å². The van der Waals surface area contributed by atoms with E-state index in [0.29, 0.717) is 12.3 Å². The molecule has 7 heteroatoms. The number of thiazole rings is 1. The average Bonchev–Trinajstić information content (AvgIpc) is 3.07. The van der Waals surface area contributed by atoms with Crippen molar-refractivity contribution in [3.8, 4) is 0 Å². The maximum absolute atomic E-state index is 12.4. The lowest BCUT2D eigenvalue weighted by Gasteiger charge is -2.16. The number of hydrogen-bond donors (Lipinski definition) is 1. The highest BCUT2D eigenvalue weighted by atomic mass is 32.2. The molecule has 0 saturated heterocycles. The van der Waals surface area contributed by atoms with Gasteiger partial charge in [-0.05, 0) is 39.2 Å². The van der Waals surface area contributed by atoms with E-state index < -0.39 is 0 Å². The molecule has 0 fully saturated rings. The van der Waals surface area contributed by atoms with Gasteiger partial charge in [0, 0.05) is 11.4 Å². The zero-order valence-electron chi connectivity index (χ0n) is 15.9. The van der Waals surface area contributed by atoms with Crippen LogP contribution in [0.15, 0.2) is 40.1 Å². The van der Waals surface area contributed by atoms with E-state index in [4.69, 9.17) is 4.74 Å². The number of aromatic nitrogens is 1. The number of amides is 1. The Morgan fingerprint density at radius 1 is 1.26 bits per heavy atom. The number of benzene rings is 1. The summed E-state index contributed by atoms with van der Waals surface area (Å²) in [4.78, 5) is 28.3. The van der Waals surface area contributed by atoms with Crippen LogP contribution in [0.4, 0.5) is 0 Å². The molecule has 0 aliphatic heterocycles. The molecule has 0 bridgehead atoms. The molecule has 2 aromatic rings. The molecule has 0 radical (unpaired) electrons. The van der Waals surface area contributed by atoms with Crippen LogP contribution in [-0.2, 0) is 27.2 Å². The molecular formula is C20H26N2O3S2. The minimum atomic E-state index is -0.280. The van der Waals surface area contributed by atoms with E-state index >= 15 is 0 Å². The SMILES string of the molecule is CCOC(=O)Cc1csc(S[C@@H](C)C(=O)N[C@@H](C)CCc2ccccc2)n1. The number of nitrogens with zero attached hydrogens (tertiary/aromatic N) is 1. The standard InChI is InChI=1S/C20H26N2O3S2/c1-4-25-18(23)12-17-13-26-20(22-17)27-15(3)19(24)21-14(2)10-11-16-8-6-5-7-9-16/h5-9,13-15H,4,10-12H2,1-3H3,(H,21,24)/t14-,15-/m0/s1. The van der Waals surface area contributed by atoms with Gasteiger partial charge >= 0.3 is 5.97 Å². The van der Waals surface area contributed by atoms with Crippen molar-refractivity contribution in [3.63, 3.8) is 0 Å². The summed E-state index contributed by atoms with van der Waals surface area (Å²) in [7, 11) is 0. The van der Waals surface area contributed by atoms with Gasteiger partial charge in [-0.15, -0.1) is 11.3 Å². The summed E-state index contributed by atoms with van der Waals surface area (Å²) in [6.07, 6.45) is 2.00. The summed E-state index contributed by atoms with van der Waals surface area (Å²) in [5.74, 6) is -0.278. The monoisotopic (exact) mass is 406 g/mol. The zero-order valence-corrected chi connectivity index (χ0v) is 17.6. The van der Waals surface area contributed by atoms with Crippen molar-refractivity contribution >= 4 is 35.0 Å². The minimum absolute atomic E-state index is 0.00250. The topological polar surface area (TPSA) is 68.3 Å². The van der Waals surface area contributed by atoms with Gasteiger partial charge in [0.2, 0.25) is 5.91 Å². The number of aryl methyl sites for hydroxylation is 1. The largest absolute Gasteiger partial charge is 0.466 e. The van der Waals surface area contributed by atoms with Gasteiger partial charge in [0.15, 0.2) is 4.34 Å². The summed E-state index contributed by atoms with van der Waals surface area (Å²) in [5, 5.41) is 4.66. The molecule has 1 aromatic carbocycles. The normalized spacial score (nSPS) is 13.0. The number of nitrogens with one attached hydrogen (secondary N) is 1. The van der Waals surface area contributed by atoms with Crippen molar-refractivity contribution in [1.29, 1.82) is 0 Å². The highest BCUT2D eigenvalue weighted by Gasteiger charge is 2.18. The maximum atomic E-state index is 12.4. The molecule has 0 saturated carbocycles. The molecule has 0 aliphatic rings. The fourth-order valence-electron chi connectivity index (χ4n) is 2.45. The second-order valence-electron chi connectivity index (χ2n) is 6.28. The van der Waals surface area contributed by atoms with E-state index in [2.05, 4.69) is 22.4 Å². The molecule has 0 aliphatic carbocycles. The second kappa shape index (κ2) is 11.1. The Hall–Kier alpha value is -1.86. The van der Waals surface area contributed by atoms with Gasteiger partial charge in [0.25, 0.3) is 0 Å². The Morgan fingerprint density at radius 3 is 2.70 bits per heavy atom. The fraction of sp³-hybridized carbons (Fsp3) is 0.450. The quantitative estimate of drug-likeness (QED) is 0.479. The minimum Gasteiger partial charge on any atom is -0.466 e. The van der Waals surface area contributed by atoms with Crippen LogP contribution in [0.2, 0.25) is 0 Å². The average molecular weight is 407 g/mol. The first kappa shape index (κ1) is 21.4. The van der Waals surface area contributed by atoms with Gasteiger partial charge in [-0.1, -0.05) is 42.1 Å². The molecule has 5 nitrogen and oxygen atoms in total. The third-order valence-electron chi connectivity index (χ3n) is 3.91. The van der Waals surface area contributed by atoms with Crippen LogP contribution in [0.25, 0.3) is 0 Å². The Balaban J connectivity index is 1.76. The summed E-state index contributed by atoms with van der Waals surface area (Å²) >= 11 is 2.86. The maximum Gasteiger partial charge on any atom is 0.311 e. The molecule has 1 heterocycles. The van der Waals surface area contributed by atoms with Crippen molar-refractivity contribution < 1.29 is 14.3 Å². The number of ether oxygens (including phenoxy) is 1. The van der Waals surface area contributed by atoms with Gasteiger partial charge in [-0.25, -0.2) is 4.98 Å². The smallest absolute Gasteiger partial charge is 0.311 e. The summed E-state index contributed by atoms with van der Waals surface area (Å²) in [6, 6.07) is 10.4. The lowest BCUT2D eigenvalue weighted by Crippen LogP contribution is -2.37. The molecule has 27 heavy (non-hydrogen) atoms. The third-order valence-corrected chi connectivity index (χ3v) is 6.03. The molecule has 146 valence electrons. The number of hydrogen-bond acceptors (Lipinski definition) is 6. The first-order valence-electron chi connectivity index (χ1n) is 9.09. The van der Waals surface area contributed by atoms with Gasteiger partial charge in [0.05, 0.1) is 24.0 Å². The van der Waals surface area contributed by atoms with Crippen molar-refractivity contribution in [3.05, 3.63) is 47.0 Å². The molecule has 2 atom stereocenters. The van der Waals surface area contributed by atoms with Crippen molar-refractivity contribution in [1.82, 2.24) is 10.3 Å². The number of esters is 1. The van der Waals surface area contributed by atoms with Crippen LogP contribution >= 0.6 is 23.1 Å². The third kappa shape index (κ3) is 7.72. The molecular weight excluding hydrogens is 380 g/mol. The van der Waals surface area contributed by atoms with Crippen LogP contribution in [0.5, 0.6) is 0 Å². The van der Waals surface area contributed by atoms with E-state index in [1.165, 1.54) is 28.7 Å². The van der Waals surface area contributed by atoms with E-state index in [1.807, 2.05) is 37.4 Å². The number of carbonyl (C=O) groups is 2. The molecule has 0 unspecified atom stereocenters. The van der Waals surface area contributed by atoms with E-state index in [0.717, 1.165) is 17.2 Å². The van der Waals surface area contributed by atoms with Crippen molar-refractivity contribution in [2.24, 2.45) is 0 Å². The van der Waals surface area contributed by atoms with Gasteiger partial charge in [-0.2, -0.15) is 0 Å². The lowest BCUT2D eigenvalue weighted by atomic mass is 10.1. The summed E-state index contributed by atoms with van der Waals surface area (Å²) < 4.78 is 5.71. The van der Waals surface area contributed by atoms with E-state index in [9.17, 15) is 9.59 Å². The van der Waals surface area contributed by atoms with Gasteiger partial charge in [0.1, 0.15) is 0 Å². The van der Waals surface area contributed by atoms with E-state index in [-0.39, 0.29) is 29.6 Å². The van der Waals surface area contributed by atoms with E-state index in [1.54, 1.807) is 6.92 Å². The highest BCUT2D eigenvalue weighted by Crippen LogP contribution is 2.27. The Morgan fingerprint density at radius 2 is 2.00 bits per heavy atom. The Bertz CT molecular complexity index is 734. The van der Waals surface area contributed by atoms with Crippen LogP contribution in [-0.4, -0.2) is 34.8 Å². The van der Waals surface area contributed by atoms with Crippen LogP contribution in [0, 0.1) is 0 Å². The Kier molecular flexibility index (Phi) is 8.81. The van der Waals surface area contributed by atoms with Crippen LogP contribution in [0.1, 0.15) is 38.4 Å². The second-order valence-corrected chi connectivity index (χ2v) is 8.73. The molecule has 1 aromatic heterocycles. The predicted octanol–water partition coefficient (Wildman–Crippen LogP) is 3.87. The number of thioether (sulfide) groups is 1. The first-order chi connectivity index (χ1) is 13.0. The molecule has 1 amide bonds. The van der Waals surface area contributed by atoms with Gasteiger partial charge < -0.3 is 10.1 Å². The lowest BCUT2D eigenvalue weighted by molar-refractivity contribution is -0.142. The summed E-state index contributed by atoms with van der Waals surface area (Å²) in [5.41, 5.74) is 1.96. The first-order valence-corrected chi connectivity index (χ1v) is 10.8. The van der Waals surface area contributed by atoms with Gasteiger partial charge in [-0.3, -0.25) is 9.59 Å². The fourth-order valence-corrected chi connectivity index (χ4v) is 4.44. The van der Waals surface area contributed by atoms with Crippen molar-refractivity contribution in [2.75, 3.05) is 6.61 Å². The Labute approximate surface area is 168 Å². The molecule has 0 spiro atoms. The number of carbonyl (C=O) groups excluding carboxylic acids is 2. The summed E-state index contributed by atoms with van der Waals surface area (Å²) in [6.45, 7) is 6.04. The van der Waals surface area contributed by atoms with Crippen LogP contribution in [0.3, 0.4) is 0 Å². The zero-order chi connectivity index (χ0) is 19.6. The molecule has 1 N–H and O–H groups in total.